The van der Waals surface area contributed by atoms with Crippen LogP contribution in [0.15, 0.2) is 18.2 Å². The molecule has 5 nitrogen and oxygen atoms in total. The Morgan fingerprint density at radius 2 is 2.20 bits per heavy atom. The van der Waals surface area contributed by atoms with Gasteiger partial charge in [-0.1, -0.05) is 12.5 Å². The number of hydrogen-bond acceptors (Lipinski definition) is 5. The molecule has 5 heteroatoms. The fourth-order valence-electron chi connectivity index (χ4n) is 2.84. The fraction of sp³-hybridized carbons (Fsp3) is 0.667. The van der Waals surface area contributed by atoms with E-state index in [0.717, 1.165) is 25.2 Å². The lowest BCUT2D eigenvalue weighted by molar-refractivity contribution is 0.113. The molecule has 20 heavy (non-hydrogen) atoms. The maximum atomic E-state index is 6.40. The van der Waals surface area contributed by atoms with Gasteiger partial charge in [-0.05, 0) is 25.5 Å². The largest absolute Gasteiger partial charge is 0.481 e. The Kier molecular flexibility index (Phi) is 5.76. The number of rotatable bonds is 5. The van der Waals surface area contributed by atoms with Gasteiger partial charge in [0, 0.05) is 25.8 Å². The quantitative estimate of drug-likeness (QED) is 0.887. The summed E-state index contributed by atoms with van der Waals surface area (Å²) in [6.45, 7) is 2.64. The van der Waals surface area contributed by atoms with E-state index < -0.39 is 0 Å². The van der Waals surface area contributed by atoms with Crippen molar-refractivity contribution in [3.63, 3.8) is 0 Å². The maximum Gasteiger partial charge on any atom is 0.213 e. The van der Waals surface area contributed by atoms with Gasteiger partial charge in [0.1, 0.15) is 0 Å². The Labute approximate surface area is 121 Å². The number of ether oxygens (including phenoxy) is 2. The molecule has 0 amide bonds. The molecule has 1 saturated heterocycles. The van der Waals surface area contributed by atoms with E-state index >= 15 is 0 Å². The lowest BCUT2D eigenvalue weighted by Crippen LogP contribution is -2.41. The number of aromatic nitrogens is 1. The number of methoxy groups -OCH3 is 2. The molecule has 2 heterocycles. The summed E-state index contributed by atoms with van der Waals surface area (Å²) >= 11 is 0. The molecule has 0 spiro atoms. The van der Waals surface area contributed by atoms with Crippen LogP contribution in [0.3, 0.4) is 0 Å². The van der Waals surface area contributed by atoms with E-state index in [0.29, 0.717) is 12.5 Å². The molecule has 1 fully saturated rings. The van der Waals surface area contributed by atoms with E-state index in [1.54, 1.807) is 14.2 Å². The minimum Gasteiger partial charge on any atom is -0.481 e. The monoisotopic (exact) mass is 279 g/mol. The van der Waals surface area contributed by atoms with E-state index in [4.69, 9.17) is 15.2 Å². The molecular formula is C15H25N3O2. The smallest absolute Gasteiger partial charge is 0.213 e. The van der Waals surface area contributed by atoms with Crippen LogP contribution in [0.5, 0.6) is 5.88 Å². The predicted molar refractivity (Wildman–Crippen MR) is 78.8 cm³/mol. The topological polar surface area (TPSA) is 60.6 Å². The fourth-order valence-corrected chi connectivity index (χ4v) is 2.84. The molecule has 2 unspecified atom stereocenters. The Morgan fingerprint density at radius 1 is 1.35 bits per heavy atom. The van der Waals surface area contributed by atoms with Crippen LogP contribution < -0.4 is 10.5 Å². The number of pyridine rings is 1. The van der Waals surface area contributed by atoms with Crippen molar-refractivity contribution in [3.8, 4) is 5.88 Å². The molecule has 0 bridgehead atoms. The Morgan fingerprint density at radius 3 is 2.95 bits per heavy atom. The van der Waals surface area contributed by atoms with Gasteiger partial charge in [0.25, 0.3) is 0 Å². The van der Waals surface area contributed by atoms with Crippen LogP contribution in [0.2, 0.25) is 0 Å². The molecule has 0 saturated carbocycles. The van der Waals surface area contributed by atoms with Crippen molar-refractivity contribution >= 4 is 0 Å². The molecule has 0 radical (unpaired) electrons. The molecule has 0 aromatic carbocycles. The zero-order chi connectivity index (χ0) is 14.4. The lowest BCUT2D eigenvalue weighted by Gasteiger charge is -2.32. The number of hydrogen-bond donors (Lipinski definition) is 1. The highest BCUT2D eigenvalue weighted by molar-refractivity contribution is 5.20. The number of likely N-dealkylation sites (tertiary alicyclic amines) is 1. The van der Waals surface area contributed by atoms with Crippen LogP contribution in [0.1, 0.15) is 31.0 Å². The van der Waals surface area contributed by atoms with Gasteiger partial charge in [-0.15, -0.1) is 0 Å². The summed E-state index contributed by atoms with van der Waals surface area (Å²) in [5.74, 6) is 0.644. The lowest BCUT2D eigenvalue weighted by atomic mass is 10.0. The molecule has 2 atom stereocenters. The third kappa shape index (κ3) is 3.69. The van der Waals surface area contributed by atoms with Gasteiger partial charge in [0.15, 0.2) is 0 Å². The van der Waals surface area contributed by atoms with E-state index in [2.05, 4.69) is 9.88 Å². The van der Waals surface area contributed by atoms with Gasteiger partial charge in [-0.3, -0.25) is 4.90 Å². The maximum absolute atomic E-state index is 6.40. The molecule has 2 rings (SSSR count). The summed E-state index contributed by atoms with van der Waals surface area (Å²) in [6, 6.07) is 6.13. The second-order valence-corrected chi connectivity index (χ2v) is 5.24. The number of nitrogens with zero attached hydrogens (tertiary/aromatic N) is 2. The van der Waals surface area contributed by atoms with Crippen LogP contribution in [0.4, 0.5) is 0 Å². The zero-order valence-electron chi connectivity index (χ0n) is 12.4. The van der Waals surface area contributed by atoms with Gasteiger partial charge >= 0.3 is 0 Å². The third-order valence-electron chi connectivity index (χ3n) is 3.87. The minimum absolute atomic E-state index is 0.106. The second kappa shape index (κ2) is 7.57. The summed E-state index contributed by atoms with van der Waals surface area (Å²) in [7, 11) is 3.37. The summed E-state index contributed by atoms with van der Waals surface area (Å²) in [4.78, 5) is 6.97. The van der Waals surface area contributed by atoms with Gasteiger partial charge in [-0.2, -0.15) is 0 Å². The van der Waals surface area contributed by atoms with Crippen molar-refractivity contribution in [2.24, 2.45) is 5.73 Å². The van der Waals surface area contributed by atoms with Crippen LogP contribution in [-0.4, -0.2) is 49.8 Å². The van der Waals surface area contributed by atoms with E-state index in [9.17, 15) is 0 Å². The van der Waals surface area contributed by atoms with Crippen molar-refractivity contribution in [1.29, 1.82) is 0 Å². The van der Waals surface area contributed by atoms with Crippen molar-refractivity contribution in [2.75, 3.05) is 33.9 Å². The van der Waals surface area contributed by atoms with E-state index in [1.807, 2.05) is 18.2 Å². The van der Waals surface area contributed by atoms with Crippen molar-refractivity contribution in [3.05, 3.63) is 23.9 Å². The summed E-state index contributed by atoms with van der Waals surface area (Å²) in [5.41, 5.74) is 7.40. The summed E-state index contributed by atoms with van der Waals surface area (Å²) in [6.07, 6.45) is 3.38. The third-order valence-corrected chi connectivity index (χ3v) is 3.87. The minimum atomic E-state index is 0.106. The van der Waals surface area contributed by atoms with Crippen LogP contribution in [-0.2, 0) is 4.74 Å². The van der Waals surface area contributed by atoms with E-state index in [-0.39, 0.29) is 12.1 Å². The Balaban J connectivity index is 2.24. The van der Waals surface area contributed by atoms with Crippen molar-refractivity contribution < 1.29 is 9.47 Å². The first-order chi connectivity index (χ1) is 9.76. The van der Waals surface area contributed by atoms with Crippen molar-refractivity contribution in [2.45, 2.75) is 31.3 Å². The van der Waals surface area contributed by atoms with Crippen LogP contribution in [0.25, 0.3) is 0 Å². The Bertz CT molecular complexity index is 414. The molecule has 1 aromatic rings. The first kappa shape index (κ1) is 15.2. The molecule has 1 aliphatic rings. The molecule has 1 aliphatic heterocycles. The van der Waals surface area contributed by atoms with Gasteiger partial charge in [0.2, 0.25) is 5.88 Å². The highest BCUT2D eigenvalue weighted by Gasteiger charge is 2.29. The first-order valence-electron chi connectivity index (χ1n) is 7.25. The molecule has 0 aliphatic carbocycles. The zero-order valence-corrected chi connectivity index (χ0v) is 12.4. The average molecular weight is 279 g/mol. The molecule has 2 N–H and O–H groups in total. The standard InChI is InChI=1S/C15H25N3O2/c1-19-11-10-18-9-4-3-6-12(16)15(18)13-7-5-8-14(17-13)20-2/h5,7-8,12,15H,3-4,6,9-11,16H2,1-2H3. The normalized spacial score (nSPS) is 24.4. The van der Waals surface area contributed by atoms with Gasteiger partial charge in [0.05, 0.1) is 25.5 Å². The first-order valence-corrected chi connectivity index (χ1v) is 7.25. The van der Waals surface area contributed by atoms with Crippen molar-refractivity contribution in [1.82, 2.24) is 9.88 Å². The second-order valence-electron chi connectivity index (χ2n) is 5.24. The Hall–Kier alpha value is -1.17. The highest BCUT2D eigenvalue weighted by atomic mass is 16.5. The van der Waals surface area contributed by atoms with E-state index in [1.165, 1.54) is 12.8 Å². The molecular weight excluding hydrogens is 254 g/mol. The summed E-state index contributed by atoms with van der Waals surface area (Å²) < 4.78 is 10.5. The van der Waals surface area contributed by atoms with Gasteiger partial charge in [-0.25, -0.2) is 4.98 Å². The number of nitrogens with two attached hydrogens (primary N) is 1. The SMILES string of the molecule is COCCN1CCCCC(N)C1c1cccc(OC)n1. The average Bonchev–Trinajstić information content (AvgIpc) is 2.66. The van der Waals surface area contributed by atoms with Gasteiger partial charge < -0.3 is 15.2 Å². The molecule has 112 valence electrons. The summed E-state index contributed by atoms with van der Waals surface area (Å²) in [5, 5.41) is 0. The predicted octanol–water partition coefficient (Wildman–Crippen LogP) is 1.59. The molecule has 1 aromatic heterocycles. The van der Waals surface area contributed by atoms with Crippen LogP contribution in [0, 0.1) is 0 Å². The van der Waals surface area contributed by atoms with Crippen LogP contribution >= 0.6 is 0 Å². The highest BCUT2D eigenvalue weighted by Crippen LogP contribution is 2.29.